The van der Waals surface area contributed by atoms with Crippen LogP contribution in [0.1, 0.15) is 6.92 Å². The SMILES string of the molecule is CCSSc1nc2ccccc2s1. The van der Waals surface area contributed by atoms with E-state index in [1.807, 2.05) is 16.9 Å². The lowest BCUT2D eigenvalue weighted by Gasteiger charge is -1.88. The maximum Gasteiger partial charge on any atom is 0.161 e. The predicted molar refractivity (Wildman–Crippen MR) is 63.6 cm³/mol. The summed E-state index contributed by atoms with van der Waals surface area (Å²) in [5.41, 5.74) is 1.12. The molecule has 1 heterocycles. The van der Waals surface area contributed by atoms with Crippen molar-refractivity contribution in [2.45, 2.75) is 11.3 Å². The van der Waals surface area contributed by atoms with Crippen molar-refractivity contribution in [2.75, 3.05) is 5.75 Å². The van der Waals surface area contributed by atoms with E-state index in [0.29, 0.717) is 0 Å². The molecular formula is C9H9NS3. The highest BCUT2D eigenvalue weighted by Crippen LogP contribution is 2.36. The molecule has 1 aromatic heterocycles. The van der Waals surface area contributed by atoms with Crippen molar-refractivity contribution in [3.8, 4) is 0 Å². The lowest BCUT2D eigenvalue weighted by molar-refractivity contribution is 1.31. The molecule has 0 N–H and O–H groups in total. The van der Waals surface area contributed by atoms with Gasteiger partial charge in [-0.1, -0.05) is 29.9 Å². The quantitative estimate of drug-likeness (QED) is 0.734. The van der Waals surface area contributed by atoms with Crippen LogP contribution < -0.4 is 0 Å². The van der Waals surface area contributed by atoms with E-state index in [4.69, 9.17) is 0 Å². The first-order chi connectivity index (χ1) is 6.40. The van der Waals surface area contributed by atoms with Crippen LogP contribution in [0.25, 0.3) is 10.2 Å². The van der Waals surface area contributed by atoms with Gasteiger partial charge in [-0.25, -0.2) is 4.98 Å². The summed E-state index contributed by atoms with van der Waals surface area (Å²) < 4.78 is 2.44. The van der Waals surface area contributed by atoms with Crippen LogP contribution in [0.3, 0.4) is 0 Å². The highest BCUT2D eigenvalue weighted by molar-refractivity contribution is 8.77. The van der Waals surface area contributed by atoms with Gasteiger partial charge in [-0.2, -0.15) is 0 Å². The molecule has 13 heavy (non-hydrogen) atoms. The number of benzene rings is 1. The van der Waals surface area contributed by atoms with Gasteiger partial charge < -0.3 is 0 Å². The molecule has 0 fully saturated rings. The third kappa shape index (κ3) is 2.18. The van der Waals surface area contributed by atoms with Gasteiger partial charge >= 0.3 is 0 Å². The maximum atomic E-state index is 4.51. The molecule has 2 rings (SSSR count). The van der Waals surface area contributed by atoms with Crippen molar-refractivity contribution in [1.82, 2.24) is 4.98 Å². The molecule has 0 aliphatic carbocycles. The predicted octanol–water partition coefficient (Wildman–Crippen LogP) is 4.06. The van der Waals surface area contributed by atoms with E-state index >= 15 is 0 Å². The minimum atomic E-state index is 1.12. The van der Waals surface area contributed by atoms with Crippen molar-refractivity contribution in [3.63, 3.8) is 0 Å². The summed E-state index contributed by atoms with van der Waals surface area (Å²) in [5.74, 6) is 1.13. The standard InChI is InChI=1S/C9H9NS3/c1-2-11-13-9-10-7-5-3-4-6-8(7)12-9/h3-6H,2H2,1H3. The highest BCUT2D eigenvalue weighted by Gasteiger charge is 2.02. The van der Waals surface area contributed by atoms with E-state index in [9.17, 15) is 0 Å². The van der Waals surface area contributed by atoms with Gasteiger partial charge in [-0.3, -0.25) is 0 Å². The normalized spacial score (nSPS) is 10.8. The zero-order valence-electron chi connectivity index (χ0n) is 7.19. The summed E-state index contributed by atoms with van der Waals surface area (Å²) in [6, 6.07) is 8.27. The molecular weight excluding hydrogens is 218 g/mol. The van der Waals surface area contributed by atoms with Crippen molar-refractivity contribution in [1.29, 1.82) is 0 Å². The highest BCUT2D eigenvalue weighted by atomic mass is 33.1. The summed E-state index contributed by atoms with van der Waals surface area (Å²) in [5, 5.41) is 0. The Morgan fingerprint density at radius 3 is 3.00 bits per heavy atom. The van der Waals surface area contributed by atoms with Crippen LogP contribution >= 0.6 is 32.9 Å². The largest absolute Gasteiger partial charge is 0.229 e. The van der Waals surface area contributed by atoms with Gasteiger partial charge in [-0.15, -0.1) is 11.3 Å². The number of fused-ring (bicyclic) bond motifs is 1. The fourth-order valence-electron chi connectivity index (χ4n) is 0.996. The number of hydrogen-bond donors (Lipinski definition) is 0. The minimum Gasteiger partial charge on any atom is -0.229 e. The Kier molecular flexibility index (Phi) is 3.14. The van der Waals surface area contributed by atoms with Gasteiger partial charge in [0.2, 0.25) is 0 Å². The number of hydrogen-bond acceptors (Lipinski definition) is 4. The second-order valence-electron chi connectivity index (χ2n) is 2.44. The van der Waals surface area contributed by atoms with Gasteiger partial charge in [-0.05, 0) is 22.9 Å². The summed E-state index contributed by atoms with van der Waals surface area (Å²) in [4.78, 5) is 4.51. The first-order valence-electron chi connectivity index (χ1n) is 4.05. The molecule has 68 valence electrons. The molecule has 2 aromatic rings. The smallest absolute Gasteiger partial charge is 0.161 e. The molecule has 4 heteroatoms. The molecule has 1 aromatic carbocycles. The Balaban J connectivity index is 2.28. The molecule has 0 radical (unpaired) electrons. The fraction of sp³-hybridized carbons (Fsp3) is 0.222. The van der Waals surface area contributed by atoms with E-state index in [-0.39, 0.29) is 0 Å². The summed E-state index contributed by atoms with van der Waals surface area (Å²) in [7, 11) is 3.61. The topological polar surface area (TPSA) is 12.9 Å². The molecule has 0 aliphatic heterocycles. The van der Waals surface area contributed by atoms with E-state index in [2.05, 4.69) is 30.1 Å². The monoisotopic (exact) mass is 227 g/mol. The lowest BCUT2D eigenvalue weighted by Crippen LogP contribution is -1.65. The molecule has 0 aliphatic rings. The third-order valence-electron chi connectivity index (χ3n) is 1.52. The van der Waals surface area contributed by atoms with Gasteiger partial charge in [0.15, 0.2) is 4.34 Å². The Bertz CT molecular complexity index is 363. The zero-order valence-corrected chi connectivity index (χ0v) is 9.64. The maximum absolute atomic E-state index is 4.51. The molecule has 0 spiro atoms. The molecule has 0 atom stereocenters. The van der Waals surface area contributed by atoms with Crippen molar-refractivity contribution >= 4 is 43.1 Å². The van der Waals surface area contributed by atoms with Gasteiger partial charge in [0.25, 0.3) is 0 Å². The van der Waals surface area contributed by atoms with Gasteiger partial charge in [0.05, 0.1) is 10.2 Å². The van der Waals surface area contributed by atoms with Crippen LogP contribution in [0.5, 0.6) is 0 Å². The van der Waals surface area contributed by atoms with Crippen LogP contribution in [0.15, 0.2) is 28.6 Å². The van der Waals surface area contributed by atoms with E-state index < -0.39 is 0 Å². The van der Waals surface area contributed by atoms with Gasteiger partial charge in [0, 0.05) is 5.75 Å². The lowest BCUT2D eigenvalue weighted by atomic mass is 10.3. The number of thiazole rings is 1. The summed E-state index contributed by atoms with van der Waals surface area (Å²) in [6.45, 7) is 2.16. The van der Waals surface area contributed by atoms with E-state index in [0.717, 1.165) is 15.6 Å². The van der Waals surface area contributed by atoms with E-state index in [1.165, 1.54) is 4.70 Å². The second kappa shape index (κ2) is 4.35. The number of rotatable bonds is 3. The van der Waals surface area contributed by atoms with E-state index in [1.54, 1.807) is 22.1 Å². The molecule has 0 saturated heterocycles. The Morgan fingerprint density at radius 1 is 1.38 bits per heavy atom. The third-order valence-corrected chi connectivity index (χ3v) is 5.29. The second-order valence-corrected chi connectivity index (χ2v) is 6.30. The molecule has 0 amide bonds. The number of para-hydroxylation sites is 1. The Morgan fingerprint density at radius 2 is 2.23 bits per heavy atom. The number of aromatic nitrogens is 1. The molecule has 0 unspecified atom stereocenters. The zero-order chi connectivity index (χ0) is 9.10. The van der Waals surface area contributed by atoms with Crippen LogP contribution in [0.2, 0.25) is 0 Å². The van der Waals surface area contributed by atoms with Crippen molar-refractivity contribution < 1.29 is 0 Å². The fourth-order valence-corrected chi connectivity index (χ4v) is 3.96. The average Bonchev–Trinajstić information content (AvgIpc) is 2.57. The minimum absolute atomic E-state index is 1.12. The molecule has 0 saturated carbocycles. The summed E-state index contributed by atoms with van der Waals surface area (Å²) >= 11 is 1.77. The molecule has 1 nitrogen and oxygen atoms in total. The Labute approximate surface area is 89.3 Å². The summed E-state index contributed by atoms with van der Waals surface area (Å²) in [6.07, 6.45) is 0. The van der Waals surface area contributed by atoms with Crippen molar-refractivity contribution in [2.24, 2.45) is 0 Å². The van der Waals surface area contributed by atoms with Crippen molar-refractivity contribution in [3.05, 3.63) is 24.3 Å². The van der Waals surface area contributed by atoms with Crippen LogP contribution in [0, 0.1) is 0 Å². The first kappa shape index (κ1) is 9.37. The average molecular weight is 227 g/mol. The van der Waals surface area contributed by atoms with Crippen LogP contribution in [0.4, 0.5) is 0 Å². The first-order valence-corrected chi connectivity index (χ1v) is 7.18. The van der Waals surface area contributed by atoms with Crippen LogP contribution in [-0.2, 0) is 0 Å². The van der Waals surface area contributed by atoms with Crippen LogP contribution in [-0.4, -0.2) is 10.7 Å². The number of nitrogens with zero attached hydrogens (tertiary/aromatic N) is 1. The molecule has 0 bridgehead atoms. The van der Waals surface area contributed by atoms with Gasteiger partial charge in [0.1, 0.15) is 0 Å². The Hall–Kier alpha value is -0.190.